The molecule has 1 aliphatic heterocycles. The molecule has 1 saturated heterocycles. The molecule has 0 unspecified atom stereocenters. The fourth-order valence-corrected chi connectivity index (χ4v) is 3.01. The summed E-state index contributed by atoms with van der Waals surface area (Å²) in [5.41, 5.74) is 1.47. The van der Waals surface area contributed by atoms with Gasteiger partial charge in [0.25, 0.3) is 0 Å². The van der Waals surface area contributed by atoms with E-state index in [9.17, 15) is 9.18 Å². The third-order valence-corrected chi connectivity index (χ3v) is 4.49. The Balaban J connectivity index is 1.72. The Kier molecular flexibility index (Phi) is 6.82. The molecule has 29 heavy (non-hydrogen) atoms. The van der Waals surface area contributed by atoms with E-state index >= 15 is 0 Å². The van der Waals surface area contributed by atoms with Crippen LogP contribution in [0.4, 0.5) is 10.1 Å². The van der Waals surface area contributed by atoms with E-state index in [4.69, 9.17) is 19.5 Å². The average molecular weight is 396 g/mol. The van der Waals surface area contributed by atoms with Crippen molar-refractivity contribution in [1.82, 2.24) is 0 Å². The van der Waals surface area contributed by atoms with Crippen LogP contribution in [-0.2, 0) is 4.74 Å². The molecular weight excluding hydrogens is 375 g/mol. The van der Waals surface area contributed by atoms with Gasteiger partial charge in [-0.15, -0.1) is 0 Å². The second-order valence-electron chi connectivity index (χ2n) is 6.32. The second-order valence-corrected chi connectivity index (χ2v) is 6.32. The first kappa shape index (κ1) is 20.4. The van der Waals surface area contributed by atoms with Gasteiger partial charge in [-0.1, -0.05) is 12.1 Å². The molecule has 0 bridgehead atoms. The number of hydrogen-bond acceptors (Lipinski definition) is 6. The molecule has 6 nitrogen and oxygen atoms in total. The number of carbonyl (C=O) groups is 1. The van der Waals surface area contributed by atoms with E-state index in [2.05, 4.69) is 0 Å². The number of ether oxygens (including phenoxy) is 3. The maximum Gasteiger partial charge on any atom is 0.185 e. The normalized spacial score (nSPS) is 13.9. The maximum atomic E-state index is 14.5. The summed E-state index contributed by atoms with van der Waals surface area (Å²) in [6, 6.07) is 11.5. The summed E-state index contributed by atoms with van der Waals surface area (Å²) >= 11 is 0. The van der Waals surface area contributed by atoms with Crippen molar-refractivity contribution in [3.8, 4) is 17.6 Å². The zero-order valence-electron chi connectivity index (χ0n) is 16.1. The van der Waals surface area contributed by atoms with Gasteiger partial charge >= 0.3 is 0 Å². The van der Waals surface area contributed by atoms with Crippen molar-refractivity contribution < 1.29 is 23.4 Å². The van der Waals surface area contributed by atoms with E-state index in [-0.39, 0.29) is 18.0 Å². The van der Waals surface area contributed by atoms with Crippen LogP contribution in [0.15, 0.2) is 42.5 Å². The van der Waals surface area contributed by atoms with Gasteiger partial charge in [0.2, 0.25) is 0 Å². The van der Waals surface area contributed by atoms with E-state index in [0.717, 1.165) is 0 Å². The number of nitriles is 1. The molecule has 2 aromatic rings. The summed E-state index contributed by atoms with van der Waals surface area (Å²) in [5.74, 6) is 0.169. The summed E-state index contributed by atoms with van der Waals surface area (Å²) in [5, 5.41) is 8.61. The fraction of sp³-hybridized carbons (Fsp3) is 0.273. The van der Waals surface area contributed by atoms with Crippen molar-refractivity contribution in [3.05, 3.63) is 59.4 Å². The minimum Gasteiger partial charge on any atom is -0.493 e. The molecule has 3 rings (SSSR count). The monoisotopic (exact) mass is 396 g/mol. The number of ketones is 1. The lowest BCUT2D eigenvalue weighted by atomic mass is 10.1. The molecular formula is C22H21FN2O4. The summed E-state index contributed by atoms with van der Waals surface area (Å²) < 4.78 is 30.3. The fourth-order valence-electron chi connectivity index (χ4n) is 3.01. The molecule has 0 amide bonds. The topological polar surface area (TPSA) is 71.8 Å². The van der Waals surface area contributed by atoms with Gasteiger partial charge in [-0.2, -0.15) is 5.26 Å². The third kappa shape index (κ3) is 5.12. The highest BCUT2D eigenvalue weighted by molar-refractivity contribution is 6.07. The first-order valence-electron chi connectivity index (χ1n) is 9.15. The number of hydrogen-bond donors (Lipinski definition) is 0. The lowest BCUT2D eigenvalue weighted by Gasteiger charge is -2.29. The van der Waals surface area contributed by atoms with Crippen molar-refractivity contribution in [2.75, 3.05) is 44.9 Å². The van der Waals surface area contributed by atoms with Crippen LogP contribution in [0.5, 0.6) is 11.5 Å². The van der Waals surface area contributed by atoms with Crippen LogP contribution in [0.2, 0.25) is 0 Å². The highest BCUT2D eigenvalue weighted by Crippen LogP contribution is 2.28. The Labute approximate surface area is 168 Å². The summed E-state index contributed by atoms with van der Waals surface area (Å²) in [4.78, 5) is 14.3. The van der Waals surface area contributed by atoms with Gasteiger partial charge in [-0.05, 0) is 42.0 Å². The number of allylic oxidation sites excluding steroid dienone is 1. The quantitative estimate of drug-likeness (QED) is 0.527. The third-order valence-electron chi connectivity index (χ3n) is 4.49. The molecule has 0 spiro atoms. The van der Waals surface area contributed by atoms with Crippen LogP contribution in [0.25, 0.3) is 6.08 Å². The van der Waals surface area contributed by atoms with Crippen LogP contribution < -0.4 is 14.4 Å². The lowest BCUT2D eigenvalue weighted by Crippen LogP contribution is -2.36. The van der Waals surface area contributed by atoms with Crippen molar-refractivity contribution >= 4 is 17.5 Å². The number of benzene rings is 2. The second kappa shape index (κ2) is 9.71. The Morgan fingerprint density at radius 2 is 2.03 bits per heavy atom. The molecule has 7 heteroatoms. The number of carbonyl (C=O) groups excluding carboxylic acids is 1. The lowest BCUT2D eigenvalue weighted by molar-refractivity contribution is 0.104. The minimum absolute atomic E-state index is 0.0873. The van der Waals surface area contributed by atoms with Crippen molar-refractivity contribution in [2.24, 2.45) is 0 Å². The Bertz CT molecular complexity index is 946. The molecule has 0 N–H and O–H groups in total. The Morgan fingerprint density at radius 1 is 1.24 bits per heavy atom. The van der Waals surface area contributed by atoms with Crippen LogP contribution in [0.1, 0.15) is 15.9 Å². The smallest absolute Gasteiger partial charge is 0.185 e. The highest BCUT2D eigenvalue weighted by Gasteiger charge is 2.16. The number of anilines is 1. The van der Waals surface area contributed by atoms with E-state index in [1.165, 1.54) is 19.3 Å². The molecule has 0 aliphatic carbocycles. The number of rotatable bonds is 7. The standard InChI is InChI=1S/C22H21FN2O4/c1-27-22-14-16(3-7-21(22)29-11-8-24)2-6-20(26)17-4-5-19(18(23)15-17)25-9-12-28-13-10-25/h2-7,14-15H,9-13H2,1H3/b6-2+. The van der Waals surface area contributed by atoms with E-state index in [0.29, 0.717) is 49.1 Å². The van der Waals surface area contributed by atoms with Crippen LogP contribution in [0.3, 0.4) is 0 Å². The molecule has 0 radical (unpaired) electrons. The van der Waals surface area contributed by atoms with Crippen LogP contribution in [0, 0.1) is 17.1 Å². The average Bonchev–Trinajstić information content (AvgIpc) is 2.76. The summed E-state index contributed by atoms with van der Waals surface area (Å²) in [6.45, 7) is 2.29. The number of morpholine rings is 1. The van der Waals surface area contributed by atoms with Gasteiger partial charge in [0.05, 0.1) is 26.0 Å². The van der Waals surface area contributed by atoms with Gasteiger partial charge in [0.15, 0.2) is 23.9 Å². The summed E-state index contributed by atoms with van der Waals surface area (Å²) in [6.07, 6.45) is 3.00. The number of nitrogens with zero attached hydrogens (tertiary/aromatic N) is 2. The molecule has 1 fully saturated rings. The van der Waals surface area contributed by atoms with Crippen molar-refractivity contribution in [3.63, 3.8) is 0 Å². The molecule has 0 atom stereocenters. The Morgan fingerprint density at radius 3 is 2.72 bits per heavy atom. The van der Waals surface area contributed by atoms with Gasteiger partial charge in [-0.3, -0.25) is 4.79 Å². The maximum absolute atomic E-state index is 14.5. The van der Waals surface area contributed by atoms with E-state index in [1.807, 2.05) is 11.0 Å². The molecule has 1 heterocycles. The predicted octanol–water partition coefficient (Wildman–Crippen LogP) is 3.47. The van der Waals surface area contributed by atoms with Gasteiger partial charge in [-0.25, -0.2) is 4.39 Å². The van der Waals surface area contributed by atoms with Crippen molar-refractivity contribution in [2.45, 2.75) is 0 Å². The molecule has 2 aromatic carbocycles. The summed E-state index contributed by atoms with van der Waals surface area (Å²) in [7, 11) is 1.49. The number of methoxy groups -OCH3 is 1. The largest absolute Gasteiger partial charge is 0.493 e. The van der Waals surface area contributed by atoms with Gasteiger partial charge < -0.3 is 19.1 Å². The van der Waals surface area contributed by atoms with E-state index in [1.54, 1.807) is 36.4 Å². The number of halogens is 1. The zero-order valence-corrected chi connectivity index (χ0v) is 16.1. The first-order valence-corrected chi connectivity index (χ1v) is 9.15. The molecule has 150 valence electrons. The van der Waals surface area contributed by atoms with E-state index < -0.39 is 5.82 Å². The van der Waals surface area contributed by atoms with Gasteiger partial charge in [0.1, 0.15) is 11.9 Å². The van der Waals surface area contributed by atoms with Crippen molar-refractivity contribution in [1.29, 1.82) is 5.26 Å². The van der Waals surface area contributed by atoms with Crippen LogP contribution >= 0.6 is 0 Å². The zero-order chi connectivity index (χ0) is 20.6. The minimum atomic E-state index is -0.424. The molecule has 0 saturated carbocycles. The van der Waals surface area contributed by atoms with Gasteiger partial charge in [0, 0.05) is 18.7 Å². The highest BCUT2D eigenvalue weighted by atomic mass is 19.1. The van der Waals surface area contributed by atoms with Crippen LogP contribution in [-0.4, -0.2) is 45.8 Å². The predicted molar refractivity (Wildman–Crippen MR) is 107 cm³/mol. The molecule has 1 aliphatic rings. The Hall–Kier alpha value is -3.37. The first-order chi connectivity index (χ1) is 14.1. The molecule has 0 aromatic heterocycles. The SMILES string of the molecule is COc1cc(/C=C/C(=O)c2ccc(N3CCOCC3)c(F)c2)ccc1OCC#N.